The van der Waals surface area contributed by atoms with Gasteiger partial charge in [0.05, 0.1) is 0 Å². The molecule has 0 saturated carbocycles. The van der Waals surface area contributed by atoms with Crippen LogP contribution in [0.5, 0.6) is 0 Å². The summed E-state index contributed by atoms with van der Waals surface area (Å²) in [5, 5.41) is 0. The number of sulfonamides is 1. The van der Waals surface area contributed by atoms with E-state index in [1.165, 1.54) is 22.6 Å². The van der Waals surface area contributed by atoms with Gasteiger partial charge in [0.25, 0.3) is 0 Å². The van der Waals surface area contributed by atoms with Crippen molar-refractivity contribution < 1.29 is 8.42 Å². The Kier molecular flexibility index (Phi) is 4.89. The first-order valence-corrected chi connectivity index (χ1v) is 7.10. The third-order valence-corrected chi connectivity index (χ3v) is 4.38. The molecule has 1 heterocycles. The van der Waals surface area contributed by atoms with Gasteiger partial charge in [0, 0.05) is 19.8 Å². The lowest BCUT2D eigenvalue weighted by Gasteiger charge is -2.16. The summed E-state index contributed by atoms with van der Waals surface area (Å²) >= 11 is 0. The van der Waals surface area contributed by atoms with Crippen LogP contribution in [-0.4, -0.2) is 31.3 Å². The molecule has 0 unspecified atom stereocenters. The Balaban J connectivity index is 2.76. The number of rotatable bonds is 6. The maximum Gasteiger partial charge on any atom is 0.244 e. The van der Waals surface area contributed by atoms with Gasteiger partial charge < -0.3 is 5.73 Å². The Labute approximate surface area is 103 Å². The van der Waals surface area contributed by atoms with E-state index in [9.17, 15) is 8.42 Å². The highest BCUT2D eigenvalue weighted by atomic mass is 32.2. The molecule has 0 atom stereocenters. The van der Waals surface area contributed by atoms with Crippen LogP contribution in [0, 0.1) is 0 Å². The molecule has 5 nitrogen and oxygen atoms in total. The predicted octanol–water partition coefficient (Wildman–Crippen LogP) is 1.47. The Morgan fingerprint density at radius 1 is 1.35 bits per heavy atom. The summed E-state index contributed by atoms with van der Waals surface area (Å²) in [6.45, 7) is 2.61. The zero-order valence-electron chi connectivity index (χ0n) is 10.3. The van der Waals surface area contributed by atoms with E-state index in [2.05, 4.69) is 11.9 Å². The van der Waals surface area contributed by atoms with Crippen molar-refractivity contribution in [1.82, 2.24) is 9.29 Å². The van der Waals surface area contributed by atoms with Crippen LogP contribution >= 0.6 is 0 Å². The van der Waals surface area contributed by atoms with Gasteiger partial charge in [-0.1, -0.05) is 19.8 Å². The van der Waals surface area contributed by atoms with Crippen LogP contribution in [0.25, 0.3) is 0 Å². The van der Waals surface area contributed by atoms with Crippen molar-refractivity contribution in [1.29, 1.82) is 0 Å². The van der Waals surface area contributed by atoms with E-state index < -0.39 is 10.0 Å². The second-order valence-electron chi connectivity index (χ2n) is 3.95. The van der Waals surface area contributed by atoms with Gasteiger partial charge in [-0.25, -0.2) is 17.7 Å². The monoisotopic (exact) mass is 257 g/mol. The van der Waals surface area contributed by atoms with E-state index in [0.717, 1.165) is 19.3 Å². The lowest BCUT2D eigenvalue weighted by Crippen LogP contribution is -2.28. The average molecular weight is 257 g/mol. The number of anilines is 1. The van der Waals surface area contributed by atoms with Gasteiger partial charge in [0.1, 0.15) is 10.7 Å². The lowest BCUT2D eigenvalue weighted by atomic mass is 10.2. The third kappa shape index (κ3) is 3.67. The zero-order chi connectivity index (χ0) is 12.9. The normalized spacial score (nSPS) is 11.9. The Hall–Kier alpha value is -1.14. The van der Waals surface area contributed by atoms with Crippen LogP contribution in [0.4, 0.5) is 5.82 Å². The van der Waals surface area contributed by atoms with E-state index in [0.29, 0.717) is 12.4 Å². The van der Waals surface area contributed by atoms with Crippen molar-refractivity contribution in [2.45, 2.75) is 31.1 Å². The van der Waals surface area contributed by atoms with Crippen molar-refractivity contribution in [2.24, 2.45) is 0 Å². The maximum atomic E-state index is 12.1. The quantitative estimate of drug-likeness (QED) is 0.783. The molecule has 0 spiro atoms. The smallest absolute Gasteiger partial charge is 0.244 e. The molecule has 0 aromatic carbocycles. The topological polar surface area (TPSA) is 76.3 Å². The Bertz CT molecular complexity index is 442. The van der Waals surface area contributed by atoms with Crippen LogP contribution < -0.4 is 5.73 Å². The van der Waals surface area contributed by atoms with Gasteiger partial charge in [-0.15, -0.1) is 0 Å². The Morgan fingerprint density at radius 2 is 2.06 bits per heavy atom. The molecule has 0 radical (unpaired) electrons. The highest BCUT2D eigenvalue weighted by Gasteiger charge is 2.20. The molecule has 1 aromatic rings. The number of nitrogens with zero attached hydrogens (tertiary/aromatic N) is 2. The molecule has 0 fully saturated rings. The summed E-state index contributed by atoms with van der Waals surface area (Å²) < 4.78 is 25.5. The van der Waals surface area contributed by atoms with Crippen LogP contribution in [0.2, 0.25) is 0 Å². The highest BCUT2D eigenvalue weighted by molar-refractivity contribution is 7.89. The molecule has 17 heavy (non-hydrogen) atoms. The number of unbranched alkanes of at least 4 members (excludes halogenated alkanes) is 2. The molecule has 1 rings (SSSR count). The minimum Gasteiger partial charge on any atom is -0.384 e. The number of aromatic nitrogens is 1. The largest absolute Gasteiger partial charge is 0.384 e. The van der Waals surface area contributed by atoms with Crippen LogP contribution in [0.1, 0.15) is 26.2 Å². The molecule has 2 N–H and O–H groups in total. The molecule has 0 saturated heterocycles. The molecule has 96 valence electrons. The third-order valence-electron chi connectivity index (χ3n) is 2.54. The second kappa shape index (κ2) is 5.97. The van der Waals surface area contributed by atoms with Gasteiger partial charge in [-0.2, -0.15) is 0 Å². The SMILES string of the molecule is CCCCCN(C)S(=O)(=O)c1ccc(N)nc1. The van der Waals surface area contributed by atoms with Crippen LogP contribution in [0.3, 0.4) is 0 Å². The summed E-state index contributed by atoms with van der Waals surface area (Å²) in [6, 6.07) is 2.97. The molecule has 6 heteroatoms. The number of hydrogen-bond donors (Lipinski definition) is 1. The highest BCUT2D eigenvalue weighted by Crippen LogP contribution is 2.14. The van der Waals surface area contributed by atoms with Gasteiger partial charge in [0.2, 0.25) is 10.0 Å². The van der Waals surface area contributed by atoms with E-state index in [-0.39, 0.29) is 4.90 Å². The number of hydrogen-bond acceptors (Lipinski definition) is 4. The van der Waals surface area contributed by atoms with Gasteiger partial charge >= 0.3 is 0 Å². The van der Waals surface area contributed by atoms with Gasteiger partial charge in [-0.05, 0) is 18.6 Å². The molecular formula is C11H19N3O2S. The number of nitrogens with two attached hydrogens (primary N) is 1. The molecule has 0 amide bonds. The molecule has 0 aliphatic rings. The molecular weight excluding hydrogens is 238 g/mol. The summed E-state index contributed by atoms with van der Waals surface area (Å²) in [4.78, 5) is 3.98. The minimum absolute atomic E-state index is 0.186. The fraction of sp³-hybridized carbons (Fsp3) is 0.545. The standard InChI is InChI=1S/C11H19N3O2S/c1-3-4-5-8-14(2)17(15,16)10-6-7-11(12)13-9-10/h6-7,9H,3-5,8H2,1-2H3,(H2,12,13). The summed E-state index contributed by atoms with van der Waals surface area (Å²) in [5.74, 6) is 0.317. The first kappa shape index (κ1) is 13.9. The van der Waals surface area contributed by atoms with Crippen LogP contribution in [-0.2, 0) is 10.0 Å². The predicted molar refractivity (Wildman–Crippen MR) is 68.0 cm³/mol. The first-order chi connectivity index (χ1) is 7.98. The van der Waals surface area contributed by atoms with Crippen molar-refractivity contribution in [3.05, 3.63) is 18.3 Å². The van der Waals surface area contributed by atoms with Crippen molar-refractivity contribution in [3.8, 4) is 0 Å². The van der Waals surface area contributed by atoms with E-state index in [1.54, 1.807) is 7.05 Å². The maximum absolute atomic E-state index is 12.1. The fourth-order valence-electron chi connectivity index (χ4n) is 1.43. The second-order valence-corrected chi connectivity index (χ2v) is 6.00. The lowest BCUT2D eigenvalue weighted by molar-refractivity contribution is 0.454. The van der Waals surface area contributed by atoms with Crippen molar-refractivity contribution >= 4 is 15.8 Å². The summed E-state index contributed by atoms with van der Waals surface area (Å²) in [7, 11) is -1.84. The van der Waals surface area contributed by atoms with Crippen molar-refractivity contribution in [3.63, 3.8) is 0 Å². The van der Waals surface area contributed by atoms with Crippen molar-refractivity contribution in [2.75, 3.05) is 19.3 Å². The molecule has 0 aliphatic heterocycles. The van der Waals surface area contributed by atoms with Gasteiger partial charge in [0.15, 0.2) is 0 Å². The first-order valence-electron chi connectivity index (χ1n) is 5.66. The zero-order valence-corrected chi connectivity index (χ0v) is 11.1. The molecule has 0 aliphatic carbocycles. The fourth-order valence-corrected chi connectivity index (χ4v) is 2.58. The van der Waals surface area contributed by atoms with E-state index >= 15 is 0 Å². The number of pyridine rings is 1. The molecule has 1 aromatic heterocycles. The number of nitrogen functional groups attached to an aromatic ring is 1. The summed E-state index contributed by atoms with van der Waals surface area (Å²) in [5.41, 5.74) is 5.42. The molecule has 0 bridgehead atoms. The van der Waals surface area contributed by atoms with Crippen LogP contribution in [0.15, 0.2) is 23.2 Å². The average Bonchev–Trinajstić information content (AvgIpc) is 2.29. The van der Waals surface area contributed by atoms with E-state index in [4.69, 9.17) is 5.73 Å². The van der Waals surface area contributed by atoms with Gasteiger partial charge in [-0.3, -0.25) is 0 Å². The summed E-state index contributed by atoms with van der Waals surface area (Å²) in [6.07, 6.45) is 4.26. The van der Waals surface area contributed by atoms with E-state index in [1.807, 2.05) is 0 Å². The minimum atomic E-state index is -3.42. The Morgan fingerprint density at radius 3 is 2.59 bits per heavy atom.